The molecule has 0 saturated heterocycles. The lowest BCUT2D eigenvalue weighted by atomic mass is 10.1. The van der Waals surface area contributed by atoms with Crippen molar-refractivity contribution in [2.45, 2.75) is 13.1 Å². The van der Waals surface area contributed by atoms with E-state index in [2.05, 4.69) is 20.3 Å². The maximum Gasteiger partial charge on any atom is 0.416 e. The number of alkyl halides is 3. The Morgan fingerprint density at radius 1 is 1.00 bits per heavy atom. The molecule has 9 heteroatoms. The van der Waals surface area contributed by atoms with E-state index in [9.17, 15) is 13.2 Å². The highest BCUT2D eigenvalue weighted by atomic mass is 19.4. The van der Waals surface area contributed by atoms with Gasteiger partial charge in [-0.25, -0.2) is 15.0 Å². The number of halogens is 3. The zero-order valence-corrected chi connectivity index (χ0v) is 16.7. The summed E-state index contributed by atoms with van der Waals surface area (Å²) in [6.07, 6.45) is 0.762. The fourth-order valence-electron chi connectivity index (χ4n) is 3.06. The van der Waals surface area contributed by atoms with E-state index in [1.807, 2.05) is 29.8 Å². The minimum absolute atomic E-state index is 0.311. The first-order valence-electron chi connectivity index (χ1n) is 9.30. The number of imidazole rings is 1. The molecular weight excluding hydrogens is 407 g/mol. The molecule has 0 saturated carbocycles. The van der Waals surface area contributed by atoms with Crippen LogP contribution in [-0.4, -0.2) is 26.6 Å². The van der Waals surface area contributed by atoms with Gasteiger partial charge in [0, 0.05) is 29.7 Å². The molecule has 0 aliphatic heterocycles. The zero-order valence-electron chi connectivity index (χ0n) is 16.7. The first-order chi connectivity index (χ1) is 14.8. The summed E-state index contributed by atoms with van der Waals surface area (Å²) in [7, 11) is 1.58. The van der Waals surface area contributed by atoms with E-state index in [-0.39, 0.29) is 0 Å². The quantitative estimate of drug-likeness (QED) is 0.463. The topological polar surface area (TPSA) is 64.9 Å². The average molecular weight is 425 g/mol. The summed E-state index contributed by atoms with van der Waals surface area (Å²) in [5.74, 6) is 0.937. The van der Waals surface area contributed by atoms with Crippen LogP contribution in [0.5, 0.6) is 5.75 Å². The molecule has 0 radical (unpaired) electrons. The molecule has 2 aromatic heterocycles. The van der Waals surface area contributed by atoms with Crippen LogP contribution >= 0.6 is 0 Å². The smallest absolute Gasteiger partial charge is 0.416 e. The van der Waals surface area contributed by atoms with Crippen molar-refractivity contribution in [2.75, 3.05) is 12.4 Å². The third-order valence-corrected chi connectivity index (χ3v) is 4.59. The highest BCUT2D eigenvalue weighted by Gasteiger charge is 2.30. The normalized spacial score (nSPS) is 11.4. The molecular formula is C22H18F3N5O. The second kappa shape index (κ2) is 8.10. The molecule has 0 spiro atoms. The fraction of sp³-hybridized carbons (Fsp3) is 0.136. The second-order valence-electron chi connectivity index (χ2n) is 6.77. The lowest BCUT2D eigenvalue weighted by Gasteiger charge is -2.12. The van der Waals surface area contributed by atoms with E-state index >= 15 is 0 Å². The summed E-state index contributed by atoms with van der Waals surface area (Å²) < 4.78 is 45.7. The number of anilines is 2. The van der Waals surface area contributed by atoms with Gasteiger partial charge < -0.3 is 14.6 Å². The van der Waals surface area contributed by atoms with E-state index in [4.69, 9.17) is 4.74 Å². The van der Waals surface area contributed by atoms with Crippen molar-refractivity contribution in [3.05, 3.63) is 78.5 Å². The number of aryl methyl sites for hydroxylation is 1. The monoisotopic (exact) mass is 425 g/mol. The predicted octanol–water partition coefficient (Wildman–Crippen LogP) is 5.41. The van der Waals surface area contributed by atoms with Gasteiger partial charge in [-0.1, -0.05) is 12.1 Å². The van der Waals surface area contributed by atoms with Gasteiger partial charge >= 0.3 is 6.18 Å². The number of benzene rings is 2. The summed E-state index contributed by atoms with van der Waals surface area (Å²) in [6.45, 7) is 1.90. The summed E-state index contributed by atoms with van der Waals surface area (Å²) >= 11 is 0. The SMILES string of the molecule is COc1cc(Nc2nccc(-c3ccc(C(F)(F)F)cc3)n2)ccc1-n1cnc(C)c1. The van der Waals surface area contributed by atoms with Crippen molar-refractivity contribution >= 4 is 11.6 Å². The van der Waals surface area contributed by atoms with Crippen molar-refractivity contribution in [1.29, 1.82) is 0 Å². The standard InChI is InChI=1S/C22H18F3N5O/c1-14-12-30(13-27-14)19-8-7-17(11-20(19)31-2)28-21-26-10-9-18(29-21)15-3-5-16(6-4-15)22(23,24)25/h3-13H,1-2H3,(H,26,28,29). The lowest BCUT2D eigenvalue weighted by molar-refractivity contribution is -0.137. The molecule has 4 aromatic rings. The van der Waals surface area contributed by atoms with E-state index in [0.717, 1.165) is 23.5 Å². The van der Waals surface area contributed by atoms with Crippen LogP contribution < -0.4 is 10.1 Å². The highest BCUT2D eigenvalue weighted by Crippen LogP contribution is 2.31. The summed E-state index contributed by atoms with van der Waals surface area (Å²) in [5, 5.41) is 3.10. The molecule has 31 heavy (non-hydrogen) atoms. The molecule has 0 aliphatic carbocycles. The van der Waals surface area contributed by atoms with Gasteiger partial charge in [0.05, 0.1) is 36.1 Å². The number of ether oxygens (including phenoxy) is 1. The Morgan fingerprint density at radius 3 is 2.42 bits per heavy atom. The van der Waals surface area contributed by atoms with Gasteiger partial charge in [-0.05, 0) is 37.3 Å². The van der Waals surface area contributed by atoms with Gasteiger partial charge in [-0.3, -0.25) is 0 Å². The Labute approximate surface area is 176 Å². The van der Waals surface area contributed by atoms with E-state index in [1.165, 1.54) is 12.1 Å². The third kappa shape index (κ3) is 4.50. The zero-order chi connectivity index (χ0) is 22.0. The number of rotatable bonds is 5. The van der Waals surface area contributed by atoms with E-state index in [1.54, 1.807) is 31.8 Å². The number of hydrogen-bond donors (Lipinski definition) is 1. The Balaban J connectivity index is 1.58. The Morgan fingerprint density at radius 2 is 1.77 bits per heavy atom. The lowest BCUT2D eigenvalue weighted by Crippen LogP contribution is -2.04. The van der Waals surface area contributed by atoms with Gasteiger partial charge in [0.15, 0.2) is 0 Å². The first-order valence-corrected chi connectivity index (χ1v) is 9.30. The number of hydrogen-bond acceptors (Lipinski definition) is 5. The van der Waals surface area contributed by atoms with Gasteiger partial charge in [0.25, 0.3) is 0 Å². The van der Waals surface area contributed by atoms with Crippen LogP contribution in [0.4, 0.5) is 24.8 Å². The van der Waals surface area contributed by atoms with Gasteiger partial charge in [-0.2, -0.15) is 13.2 Å². The third-order valence-electron chi connectivity index (χ3n) is 4.59. The molecule has 0 bridgehead atoms. The molecule has 1 N–H and O–H groups in total. The van der Waals surface area contributed by atoms with Crippen LogP contribution in [-0.2, 0) is 6.18 Å². The molecule has 0 amide bonds. The minimum Gasteiger partial charge on any atom is -0.494 e. The maximum atomic E-state index is 12.8. The van der Waals surface area contributed by atoms with Crippen LogP contribution in [0.2, 0.25) is 0 Å². The second-order valence-corrected chi connectivity index (χ2v) is 6.77. The molecule has 0 aliphatic rings. The summed E-state index contributed by atoms with van der Waals surface area (Å²) in [5.41, 5.74) is 2.77. The van der Waals surface area contributed by atoms with Gasteiger partial charge in [0.1, 0.15) is 5.75 Å². The maximum absolute atomic E-state index is 12.8. The molecule has 6 nitrogen and oxygen atoms in total. The van der Waals surface area contributed by atoms with E-state index < -0.39 is 11.7 Å². The molecule has 0 fully saturated rings. The number of nitrogens with zero attached hydrogens (tertiary/aromatic N) is 4. The number of aromatic nitrogens is 4. The summed E-state index contributed by atoms with van der Waals surface area (Å²) in [6, 6.07) is 12.0. The Hall–Kier alpha value is -3.88. The van der Waals surface area contributed by atoms with Crippen molar-refractivity contribution < 1.29 is 17.9 Å². The predicted molar refractivity (Wildman–Crippen MR) is 111 cm³/mol. The van der Waals surface area contributed by atoms with Crippen molar-refractivity contribution in [2.24, 2.45) is 0 Å². The molecule has 0 atom stereocenters. The molecule has 4 rings (SSSR count). The molecule has 2 aromatic carbocycles. The minimum atomic E-state index is -4.38. The first kappa shape index (κ1) is 20.4. The van der Waals surface area contributed by atoms with Crippen LogP contribution in [0.1, 0.15) is 11.3 Å². The van der Waals surface area contributed by atoms with Crippen LogP contribution in [0, 0.1) is 6.92 Å². The number of methoxy groups -OCH3 is 1. The molecule has 2 heterocycles. The van der Waals surface area contributed by atoms with E-state index in [0.29, 0.717) is 28.6 Å². The largest absolute Gasteiger partial charge is 0.494 e. The Bertz CT molecular complexity index is 1200. The van der Waals surface area contributed by atoms with Crippen LogP contribution in [0.15, 0.2) is 67.3 Å². The van der Waals surface area contributed by atoms with Crippen molar-refractivity contribution in [3.8, 4) is 22.7 Å². The average Bonchev–Trinajstić information content (AvgIpc) is 3.19. The summed E-state index contributed by atoms with van der Waals surface area (Å²) in [4.78, 5) is 12.8. The number of nitrogens with one attached hydrogen (secondary N) is 1. The molecule has 0 unspecified atom stereocenters. The van der Waals surface area contributed by atoms with Crippen LogP contribution in [0.25, 0.3) is 16.9 Å². The fourth-order valence-corrected chi connectivity index (χ4v) is 3.06. The van der Waals surface area contributed by atoms with Gasteiger partial charge in [-0.15, -0.1) is 0 Å². The van der Waals surface area contributed by atoms with Gasteiger partial charge in [0.2, 0.25) is 5.95 Å². The van der Waals surface area contributed by atoms with Crippen LogP contribution in [0.3, 0.4) is 0 Å². The highest BCUT2D eigenvalue weighted by molar-refractivity contribution is 5.65. The molecule has 158 valence electrons. The van der Waals surface area contributed by atoms with Crippen molar-refractivity contribution in [1.82, 2.24) is 19.5 Å². The van der Waals surface area contributed by atoms with Crippen molar-refractivity contribution in [3.63, 3.8) is 0 Å². The Kier molecular flexibility index (Phi) is 5.33.